The number of rotatable bonds is 3. The first-order valence-corrected chi connectivity index (χ1v) is 8.95. The fourth-order valence-corrected chi connectivity index (χ4v) is 3.04. The molecular weight excluding hydrogens is 324 g/mol. The van der Waals surface area contributed by atoms with Gasteiger partial charge in [-0.15, -0.1) is 0 Å². The zero-order valence-electron chi connectivity index (χ0n) is 15.5. The van der Waals surface area contributed by atoms with Crippen molar-refractivity contribution in [3.8, 4) is 17.6 Å². The Hall–Kier alpha value is -2.73. The fourth-order valence-electron chi connectivity index (χ4n) is 3.04. The summed E-state index contributed by atoms with van der Waals surface area (Å²) in [4.78, 5) is 10.7. The molecule has 0 spiro atoms. The quantitative estimate of drug-likeness (QED) is 0.828. The van der Waals surface area contributed by atoms with Crippen LogP contribution >= 0.6 is 0 Å². The van der Waals surface area contributed by atoms with E-state index >= 15 is 0 Å². The van der Waals surface area contributed by atoms with E-state index in [1.807, 2.05) is 18.2 Å². The maximum absolute atomic E-state index is 10.7. The van der Waals surface area contributed by atoms with Crippen molar-refractivity contribution in [2.24, 2.45) is 0 Å². The Balaban J connectivity index is 1.69. The lowest BCUT2D eigenvalue weighted by molar-refractivity contribution is -0.137. The molecule has 0 fully saturated rings. The van der Waals surface area contributed by atoms with Gasteiger partial charge in [0.15, 0.2) is 0 Å². The van der Waals surface area contributed by atoms with Crippen LogP contribution in [0.4, 0.5) is 0 Å². The molecule has 0 radical (unpaired) electrons. The van der Waals surface area contributed by atoms with Crippen molar-refractivity contribution in [3.05, 3.63) is 64.7 Å². The number of hydrogen-bond donors (Lipinski definition) is 1. The summed E-state index contributed by atoms with van der Waals surface area (Å²) in [6.07, 6.45) is 1.37. The number of hydrogen-bond acceptors (Lipinski definition) is 2. The van der Waals surface area contributed by atoms with Crippen molar-refractivity contribution in [2.45, 2.75) is 51.6 Å². The van der Waals surface area contributed by atoms with Gasteiger partial charge in [0.25, 0.3) is 0 Å². The maximum Gasteiger partial charge on any atom is 0.303 e. The van der Waals surface area contributed by atoms with Crippen LogP contribution in [-0.4, -0.2) is 17.2 Å². The Kier molecular flexibility index (Phi) is 5.04. The Bertz CT molecular complexity index is 861. The second-order valence-electron chi connectivity index (χ2n) is 7.78. The van der Waals surface area contributed by atoms with Crippen LogP contribution in [0.15, 0.2) is 42.5 Å². The first-order chi connectivity index (χ1) is 12.3. The van der Waals surface area contributed by atoms with Crippen molar-refractivity contribution < 1.29 is 14.6 Å². The average Bonchev–Trinajstić information content (AvgIpc) is 3.00. The first-order valence-electron chi connectivity index (χ1n) is 8.95. The molecule has 1 N–H and O–H groups in total. The SMILES string of the molecule is CC(C)(C)c1ccc(C#Cc2ccc3c(c2)C[C@@H](CCC(=O)O)O3)cc1. The van der Waals surface area contributed by atoms with Crippen molar-refractivity contribution in [3.63, 3.8) is 0 Å². The molecule has 2 aromatic carbocycles. The van der Waals surface area contributed by atoms with Gasteiger partial charge in [-0.3, -0.25) is 4.79 Å². The molecule has 1 aliphatic rings. The molecule has 1 atom stereocenters. The molecule has 0 bridgehead atoms. The third kappa shape index (κ3) is 4.46. The topological polar surface area (TPSA) is 46.5 Å². The number of fused-ring (bicyclic) bond motifs is 1. The second kappa shape index (κ2) is 7.25. The molecule has 0 amide bonds. The largest absolute Gasteiger partial charge is 0.490 e. The fraction of sp³-hybridized carbons (Fsp3) is 0.348. The van der Waals surface area contributed by atoms with Crippen LogP contribution in [0.2, 0.25) is 0 Å². The number of benzene rings is 2. The molecule has 134 valence electrons. The minimum atomic E-state index is -0.784. The standard InChI is InChI=1S/C23H24O3/c1-23(2,3)19-9-6-16(7-10-19)4-5-17-8-12-21-18(14-17)15-20(26-21)11-13-22(24)25/h6-10,12,14,20H,11,13,15H2,1-3H3,(H,24,25)/t20-/m1/s1. The summed E-state index contributed by atoms with van der Waals surface area (Å²) in [6.45, 7) is 6.60. The number of carbonyl (C=O) groups is 1. The second-order valence-corrected chi connectivity index (χ2v) is 7.78. The highest BCUT2D eigenvalue weighted by Crippen LogP contribution is 2.31. The van der Waals surface area contributed by atoms with Gasteiger partial charge in [-0.05, 0) is 53.3 Å². The van der Waals surface area contributed by atoms with E-state index < -0.39 is 5.97 Å². The summed E-state index contributed by atoms with van der Waals surface area (Å²) < 4.78 is 5.81. The summed E-state index contributed by atoms with van der Waals surface area (Å²) in [5, 5.41) is 8.80. The molecule has 0 saturated heterocycles. The van der Waals surface area contributed by atoms with Gasteiger partial charge < -0.3 is 9.84 Å². The Labute approximate surface area is 155 Å². The van der Waals surface area contributed by atoms with Crippen molar-refractivity contribution in [2.75, 3.05) is 0 Å². The van der Waals surface area contributed by atoms with E-state index in [4.69, 9.17) is 9.84 Å². The van der Waals surface area contributed by atoms with Gasteiger partial charge in [0.05, 0.1) is 0 Å². The third-order valence-electron chi connectivity index (χ3n) is 4.58. The highest BCUT2D eigenvalue weighted by atomic mass is 16.5. The van der Waals surface area contributed by atoms with Crippen molar-refractivity contribution in [1.82, 2.24) is 0 Å². The summed E-state index contributed by atoms with van der Waals surface area (Å²) >= 11 is 0. The molecular formula is C23H24O3. The van der Waals surface area contributed by atoms with E-state index in [1.165, 1.54) is 5.56 Å². The van der Waals surface area contributed by atoms with Gasteiger partial charge in [0.1, 0.15) is 11.9 Å². The average molecular weight is 348 g/mol. The van der Waals surface area contributed by atoms with Crippen LogP contribution in [0.25, 0.3) is 0 Å². The van der Waals surface area contributed by atoms with Gasteiger partial charge in [-0.1, -0.05) is 44.7 Å². The predicted octanol–water partition coefficient (Wildman–Crippen LogP) is 4.55. The summed E-state index contributed by atoms with van der Waals surface area (Å²) in [5.74, 6) is 6.49. The van der Waals surface area contributed by atoms with Gasteiger partial charge >= 0.3 is 5.97 Å². The summed E-state index contributed by atoms with van der Waals surface area (Å²) in [7, 11) is 0. The Morgan fingerprint density at radius 2 is 1.77 bits per heavy atom. The van der Waals surface area contributed by atoms with Crippen molar-refractivity contribution >= 4 is 5.97 Å². The molecule has 0 saturated carbocycles. The van der Waals surface area contributed by atoms with E-state index in [0.29, 0.717) is 6.42 Å². The van der Waals surface area contributed by atoms with Crippen LogP contribution in [0.1, 0.15) is 55.9 Å². The molecule has 2 aromatic rings. The first kappa shape index (κ1) is 18.1. The van der Waals surface area contributed by atoms with Gasteiger partial charge in [-0.2, -0.15) is 0 Å². The molecule has 3 nitrogen and oxygen atoms in total. The predicted molar refractivity (Wildman–Crippen MR) is 103 cm³/mol. The van der Waals surface area contributed by atoms with Crippen molar-refractivity contribution in [1.29, 1.82) is 0 Å². The molecule has 26 heavy (non-hydrogen) atoms. The maximum atomic E-state index is 10.7. The Morgan fingerprint density at radius 3 is 2.42 bits per heavy atom. The van der Waals surface area contributed by atoms with E-state index in [2.05, 4.69) is 56.9 Å². The summed E-state index contributed by atoms with van der Waals surface area (Å²) in [6, 6.07) is 14.3. The monoisotopic (exact) mass is 348 g/mol. The van der Waals surface area contributed by atoms with Gasteiger partial charge in [0, 0.05) is 24.0 Å². The highest BCUT2D eigenvalue weighted by Gasteiger charge is 2.23. The van der Waals surface area contributed by atoms with Gasteiger partial charge in [-0.25, -0.2) is 0 Å². The lowest BCUT2D eigenvalue weighted by Crippen LogP contribution is -2.14. The van der Waals surface area contributed by atoms with Crippen LogP contribution in [0.3, 0.4) is 0 Å². The lowest BCUT2D eigenvalue weighted by Gasteiger charge is -2.18. The van der Waals surface area contributed by atoms with E-state index in [-0.39, 0.29) is 17.9 Å². The number of carboxylic acids is 1. The molecule has 0 aromatic heterocycles. The molecule has 1 heterocycles. The minimum absolute atomic E-state index is 0.0470. The minimum Gasteiger partial charge on any atom is -0.490 e. The molecule has 1 aliphatic heterocycles. The zero-order valence-corrected chi connectivity index (χ0v) is 15.5. The highest BCUT2D eigenvalue weighted by molar-refractivity contribution is 5.66. The van der Waals surface area contributed by atoms with E-state index in [9.17, 15) is 4.79 Å². The Morgan fingerprint density at radius 1 is 1.12 bits per heavy atom. The van der Waals surface area contributed by atoms with Crippen LogP contribution in [0, 0.1) is 11.8 Å². The molecule has 3 heteroatoms. The summed E-state index contributed by atoms with van der Waals surface area (Å²) in [5.41, 5.74) is 4.49. The van der Waals surface area contributed by atoms with E-state index in [0.717, 1.165) is 28.9 Å². The normalized spacial score (nSPS) is 15.6. The third-order valence-corrected chi connectivity index (χ3v) is 4.58. The smallest absolute Gasteiger partial charge is 0.303 e. The van der Waals surface area contributed by atoms with Crippen LogP contribution < -0.4 is 4.74 Å². The lowest BCUT2D eigenvalue weighted by atomic mass is 9.87. The zero-order chi connectivity index (χ0) is 18.7. The van der Waals surface area contributed by atoms with E-state index in [1.54, 1.807) is 0 Å². The number of ether oxygens (including phenoxy) is 1. The number of carboxylic acid groups (broad SMARTS) is 1. The number of aliphatic carboxylic acids is 1. The van der Waals surface area contributed by atoms with Gasteiger partial charge in [0.2, 0.25) is 0 Å². The van der Waals surface area contributed by atoms with Crippen LogP contribution in [-0.2, 0) is 16.6 Å². The molecule has 0 aliphatic carbocycles. The molecule has 0 unspecified atom stereocenters. The van der Waals surface area contributed by atoms with Crippen LogP contribution in [0.5, 0.6) is 5.75 Å². The molecule has 3 rings (SSSR count).